The molecule has 1 atom stereocenters. The molecule has 5 heteroatoms. The Hall–Kier alpha value is -2.66. The number of imide groups is 1. The molecule has 1 aliphatic carbocycles. The van der Waals surface area contributed by atoms with Gasteiger partial charge >= 0.3 is 0 Å². The predicted molar refractivity (Wildman–Crippen MR) is 106 cm³/mol. The number of carbonyl (C=O) groups is 2. The van der Waals surface area contributed by atoms with E-state index in [4.69, 9.17) is 4.74 Å². The molecule has 27 heavy (non-hydrogen) atoms. The van der Waals surface area contributed by atoms with Crippen LogP contribution in [-0.2, 0) is 9.59 Å². The van der Waals surface area contributed by atoms with Crippen molar-refractivity contribution >= 4 is 17.9 Å². The zero-order valence-electron chi connectivity index (χ0n) is 16.1. The summed E-state index contributed by atoms with van der Waals surface area (Å²) in [6, 6.07) is 7.67. The van der Waals surface area contributed by atoms with Crippen LogP contribution in [0.4, 0.5) is 0 Å². The van der Waals surface area contributed by atoms with Gasteiger partial charge in [-0.1, -0.05) is 50.3 Å². The summed E-state index contributed by atoms with van der Waals surface area (Å²) in [7, 11) is 1.63. The lowest BCUT2D eigenvalue weighted by Crippen LogP contribution is -2.38. The first-order valence-corrected chi connectivity index (χ1v) is 9.38. The molecule has 0 saturated carbocycles. The highest BCUT2D eigenvalue weighted by Crippen LogP contribution is 2.46. The second-order valence-electron chi connectivity index (χ2n) is 6.78. The molecule has 5 nitrogen and oxygen atoms in total. The maximum atomic E-state index is 12.9. The molecule has 1 aromatic carbocycles. The Labute approximate surface area is 160 Å². The van der Waals surface area contributed by atoms with Crippen molar-refractivity contribution in [2.24, 2.45) is 5.41 Å². The molecule has 2 amide bonds. The van der Waals surface area contributed by atoms with Gasteiger partial charge in [0.05, 0.1) is 7.11 Å². The zero-order chi connectivity index (χ0) is 19.4. The molecule has 1 aromatic rings. The Morgan fingerprint density at radius 3 is 2.48 bits per heavy atom. The fourth-order valence-electron chi connectivity index (χ4n) is 3.80. The van der Waals surface area contributed by atoms with Gasteiger partial charge in [-0.3, -0.25) is 14.9 Å². The molecule has 1 aliphatic heterocycles. The number of nitrogens with zero attached hydrogens (tertiary/aromatic N) is 1. The highest BCUT2D eigenvalue weighted by atomic mass is 16.5. The van der Waals surface area contributed by atoms with Crippen molar-refractivity contribution in [2.45, 2.75) is 20.3 Å². The van der Waals surface area contributed by atoms with Crippen molar-refractivity contribution in [3.63, 3.8) is 0 Å². The minimum atomic E-state index is -0.922. The maximum absolute atomic E-state index is 12.9. The Morgan fingerprint density at radius 1 is 1.15 bits per heavy atom. The van der Waals surface area contributed by atoms with Gasteiger partial charge < -0.3 is 9.64 Å². The average Bonchev–Trinajstić information content (AvgIpc) is 2.94. The Balaban J connectivity index is 2.01. The van der Waals surface area contributed by atoms with Crippen LogP contribution in [0, 0.1) is 5.41 Å². The van der Waals surface area contributed by atoms with Gasteiger partial charge in [0.25, 0.3) is 5.91 Å². The average molecular weight is 366 g/mol. The summed E-state index contributed by atoms with van der Waals surface area (Å²) in [6.45, 7) is 6.78. The van der Waals surface area contributed by atoms with Gasteiger partial charge in [0, 0.05) is 5.57 Å². The van der Waals surface area contributed by atoms with Gasteiger partial charge in [-0.25, -0.2) is 0 Å². The summed E-state index contributed by atoms with van der Waals surface area (Å²) in [6.07, 6.45) is 8.12. The molecule has 2 aliphatic rings. The van der Waals surface area contributed by atoms with Crippen LogP contribution in [0.15, 0.2) is 53.6 Å². The molecule has 0 radical (unpaired) electrons. The standard InChI is InChI=1S/C22H26N2O3/c1-4-24(5-2)14-13-22-17(15-16-9-11-18(27-3)12-10-16)7-6-8-19(22)20(25)23-21(22)26/h6-12,15H,4-5,13-14H2,1-3H3,(H,23,25,26). The Morgan fingerprint density at radius 2 is 1.85 bits per heavy atom. The Kier molecular flexibility index (Phi) is 5.61. The first kappa shape index (κ1) is 19.1. The first-order valence-electron chi connectivity index (χ1n) is 9.38. The summed E-state index contributed by atoms with van der Waals surface area (Å²) in [5, 5.41) is 2.53. The topological polar surface area (TPSA) is 58.6 Å². The number of carbonyl (C=O) groups excluding carboxylic acids is 2. The molecular weight excluding hydrogens is 340 g/mol. The molecule has 0 bridgehead atoms. The number of methoxy groups -OCH3 is 1. The minimum absolute atomic E-state index is 0.227. The summed E-state index contributed by atoms with van der Waals surface area (Å²) in [5.74, 6) is 0.265. The van der Waals surface area contributed by atoms with Gasteiger partial charge in [0.15, 0.2) is 0 Å². The number of benzene rings is 1. The van der Waals surface area contributed by atoms with E-state index in [0.29, 0.717) is 12.0 Å². The van der Waals surface area contributed by atoms with E-state index in [1.807, 2.05) is 42.5 Å². The van der Waals surface area contributed by atoms with E-state index >= 15 is 0 Å². The van der Waals surface area contributed by atoms with E-state index in [2.05, 4.69) is 24.1 Å². The molecule has 1 N–H and O–H groups in total. The molecule has 1 saturated heterocycles. The fourth-order valence-corrected chi connectivity index (χ4v) is 3.80. The normalized spacial score (nSPS) is 22.8. The van der Waals surface area contributed by atoms with E-state index in [1.165, 1.54) is 0 Å². The smallest absolute Gasteiger partial charge is 0.255 e. The third-order valence-electron chi connectivity index (χ3n) is 5.49. The number of hydrogen-bond donors (Lipinski definition) is 1. The third-order valence-corrected chi connectivity index (χ3v) is 5.49. The summed E-state index contributed by atoms with van der Waals surface area (Å²) in [5.41, 5.74) is 1.43. The highest BCUT2D eigenvalue weighted by molar-refractivity contribution is 6.19. The van der Waals surface area contributed by atoms with Crippen molar-refractivity contribution < 1.29 is 14.3 Å². The fraction of sp³-hybridized carbons (Fsp3) is 0.364. The Bertz CT molecular complexity index is 816. The van der Waals surface area contributed by atoms with Crippen molar-refractivity contribution in [1.82, 2.24) is 10.2 Å². The molecule has 3 rings (SSSR count). The number of fused-ring (bicyclic) bond motifs is 1. The van der Waals surface area contributed by atoms with E-state index in [-0.39, 0.29) is 11.8 Å². The SMILES string of the molecule is CCN(CC)CCC12C(=O)NC(=O)C1=CC=CC2=Cc1ccc(OC)cc1. The van der Waals surface area contributed by atoms with E-state index in [1.54, 1.807) is 13.2 Å². The van der Waals surface area contributed by atoms with Crippen molar-refractivity contribution in [2.75, 3.05) is 26.7 Å². The quantitative estimate of drug-likeness (QED) is 0.754. The van der Waals surface area contributed by atoms with Gasteiger partial charge in [-0.15, -0.1) is 0 Å². The zero-order valence-corrected chi connectivity index (χ0v) is 16.1. The second kappa shape index (κ2) is 7.92. The minimum Gasteiger partial charge on any atom is -0.497 e. The van der Waals surface area contributed by atoms with Crippen LogP contribution in [0.2, 0.25) is 0 Å². The second-order valence-corrected chi connectivity index (χ2v) is 6.78. The van der Waals surface area contributed by atoms with Crippen molar-refractivity contribution in [1.29, 1.82) is 0 Å². The van der Waals surface area contributed by atoms with Crippen LogP contribution in [0.5, 0.6) is 5.75 Å². The van der Waals surface area contributed by atoms with E-state index in [9.17, 15) is 9.59 Å². The number of ether oxygens (including phenoxy) is 1. The molecule has 142 valence electrons. The van der Waals surface area contributed by atoms with Crippen molar-refractivity contribution in [3.05, 3.63) is 59.2 Å². The lowest BCUT2D eigenvalue weighted by molar-refractivity contribution is -0.127. The highest BCUT2D eigenvalue weighted by Gasteiger charge is 2.53. The summed E-state index contributed by atoms with van der Waals surface area (Å²) >= 11 is 0. The van der Waals surface area contributed by atoms with Gasteiger partial charge in [-0.05, 0) is 49.3 Å². The number of nitrogens with one attached hydrogen (secondary N) is 1. The summed E-state index contributed by atoms with van der Waals surface area (Å²) < 4.78 is 5.21. The van der Waals surface area contributed by atoms with Gasteiger partial charge in [-0.2, -0.15) is 0 Å². The number of amides is 2. The lowest BCUT2D eigenvalue weighted by Gasteiger charge is -2.32. The van der Waals surface area contributed by atoms with Crippen LogP contribution >= 0.6 is 0 Å². The van der Waals surface area contributed by atoms with E-state index < -0.39 is 5.41 Å². The van der Waals surface area contributed by atoms with Crippen LogP contribution in [0.25, 0.3) is 6.08 Å². The first-order chi connectivity index (χ1) is 13.0. The van der Waals surface area contributed by atoms with Crippen LogP contribution < -0.4 is 10.1 Å². The number of allylic oxidation sites excluding steroid dienone is 3. The number of hydrogen-bond acceptors (Lipinski definition) is 4. The van der Waals surface area contributed by atoms with Crippen LogP contribution in [0.1, 0.15) is 25.8 Å². The van der Waals surface area contributed by atoms with E-state index in [0.717, 1.165) is 36.5 Å². The van der Waals surface area contributed by atoms with Gasteiger partial charge in [0.1, 0.15) is 11.2 Å². The molecule has 0 aromatic heterocycles. The maximum Gasteiger partial charge on any atom is 0.255 e. The largest absolute Gasteiger partial charge is 0.497 e. The lowest BCUT2D eigenvalue weighted by atomic mass is 9.69. The molecule has 0 spiro atoms. The van der Waals surface area contributed by atoms with Gasteiger partial charge in [0.2, 0.25) is 5.91 Å². The molecule has 1 unspecified atom stereocenters. The molecule has 1 heterocycles. The molecule has 1 fully saturated rings. The van der Waals surface area contributed by atoms with Crippen molar-refractivity contribution in [3.8, 4) is 5.75 Å². The van der Waals surface area contributed by atoms with Crippen LogP contribution in [-0.4, -0.2) is 43.5 Å². The monoisotopic (exact) mass is 366 g/mol. The van der Waals surface area contributed by atoms with Crippen LogP contribution in [0.3, 0.4) is 0 Å². The molecular formula is C22H26N2O3. The summed E-state index contributed by atoms with van der Waals surface area (Å²) in [4.78, 5) is 27.6. The third kappa shape index (κ3) is 3.47. The number of rotatable bonds is 7. The predicted octanol–water partition coefficient (Wildman–Crippen LogP) is 2.95.